The molecular formula is C16H26N2O. The highest BCUT2D eigenvalue weighted by molar-refractivity contribution is 5.07. The first-order valence-corrected chi connectivity index (χ1v) is 7.71. The molecule has 0 aromatic carbocycles. The standard InChI is InChI=1S/C16H26N2O/c1-13-10-17-16(8-4-3-5-9-16)12-18(13)11-15-7-6-14(2)19-15/h6-7,13,17H,3-5,8-12H2,1-2H3. The lowest BCUT2D eigenvalue weighted by atomic mass is 9.79. The van der Waals surface area contributed by atoms with Gasteiger partial charge < -0.3 is 9.73 Å². The van der Waals surface area contributed by atoms with Crippen molar-refractivity contribution in [3.8, 4) is 0 Å². The van der Waals surface area contributed by atoms with Gasteiger partial charge in [0.25, 0.3) is 0 Å². The lowest BCUT2D eigenvalue weighted by molar-refractivity contribution is 0.0524. The van der Waals surface area contributed by atoms with Crippen LogP contribution in [-0.2, 0) is 6.54 Å². The molecule has 1 aromatic heterocycles. The highest BCUT2D eigenvalue weighted by atomic mass is 16.3. The number of furan rings is 1. The number of aryl methyl sites for hydroxylation is 1. The fourth-order valence-corrected chi connectivity index (χ4v) is 3.64. The van der Waals surface area contributed by atoms with E-state index in [4.69, 9.17) is 4.42 Å². The van der Waals surface area contributed by atoms with E-state index in [2.05, 4.69) is 29.3 Å². The highest BCUT2D eigenvalue weighted by Crippen LogP contribution is 2.32. The van der Waals surface area contributed by atoms with E-state index in [1.807, 2.05) is 6.92 Å². The maximum absolute atomic E-state index is 5.75. The normalized spacial score (nSPS) is 27.8. The largest absolute Gasteiger partial charge is 0.465 e. The van der Waals surface area contributed by atoms with Gasteiger partial charge in [0.1, 0.15) is 11.5 Å². The van der Waals surface area contributed by atoms with Crippen LogP contribution in [0.5, 0.6) is 0 Å². The number of nitrogens with zero attached hydrogens (tertiary/aromatic N) is 1. The van der Waals surface area contributed by atoms with Gasteiger partial charge in [-0.25, -0.2) is 0 Å². The Balaban J connectivity index is 1.68. The number of hydrogen-bond acceptors (Lipinski definition) is 3. The van der Waals surface area contributed by atoms with Crippen LogP contribution in [0.4, 0.5) is 0 Å². The maximum Gasteiger partial charge on any atom is 0.118 e. The summed E-state index contributed by atoms with van der Waals surface area (Å²) in [4.78, 5) is 2.60. The molecule has 1 atom stereocenters. The first-order chi connectivity index (χ1) is 9.17. The van der Waals surface area contributed by atoms with Crippen molar-refractivity contribution in [2.45, 2.75) is 64.1 Å². The summed E-state index contributed by atoms with van der Waals surface area (Å²) in [6.07, 6.45) is 6.86. The molecule has 1 aliphatic heterocycles. The van der Waals surface area contributed by atoms with Gasteiger partial charge in [0.15, 0.2) is 0 Å². The molecule has 2 fully saturated rings. The van der Waals surface area contributed by atoms with E-state index in [-0.39, 0.29) is 0 Å². The van der Waals surface area contributed by atoms with Crippen LogP contribution < -0.4 is 5.32 Å². The molecule has 3 rings (SSSR count). The van der Waals surface area contributed by atoms with Crippen LogP contribution in [0.3, 0.4) is 0 Å². The van der Waals surface area contributed by atoms with Crippen molar-refractivity contribution in [3.63, 3.8) is 0 Å². The Hall–Kier alpha value is -0.800. The second-order valence-electron chi connectivity index (χ2n) is 6.49. The van der Waals surface area contributed by atoms with Crippen LogP contribution in [0.2, 0.25) is 0 Å². The third-order valence-corrected chi connectivity index (χ3v) is 4.87. The van der Waals surface area contributed by atoms with Gasteiger partial charge in [-0.05, 0) is 38.8 Å². The van der Waals surface area contributed by atoms with Gasteiger partial charge in [0.05, 0.1) is 6.54 Å². The first kappa shape index (κ1) is 13.2. The molecule has 19 heavy (non-hydrogen) atoms. The Morgan fingerprint density at radius 1 is 1.32 bits per heavy atom. The van der Waals surface area contributed by atoms with Crippen LogP contribution in [0.1, 0.15) is 50.5 Å². The van der Waals surface area contributed by atoms with Gasteiger partial charge in [-0.1, -0.05) is 19.3 Å². The Morgan fingerprint density at radius 3 is 2.79 bits per heavy atom. The van der Waals surface area contributed by atoms with Crippen molar-refractivity contribution in [1.29, 1.82) is 0 Å². The lowest BCUT2D eigenvalue weighted by Gasteiger charge is -2.48. The van der Waals surface area contributed by atoms with Crippen molar-refractivity contribution in [1.82, 2.24) is 10.2 Å². The zero-order valence-electron chi connectivity index (χ0n) is 12.2. The molecule has 0 bridgehead atoms. The maximum atomic E-state index is 5.75. The summed E-state index contributed by atoms with van der Waals surface area (Å²) in [5.41, 5.74) is 0.381. The van der Waals surface area contributed by atoms with Crippen molar-refractivity contribution in [2.75, 3.05) is 13.1 Å². The molecule has 2 aliphatic rings. The summed E-state index contributed by atoms with van der Waals surface area (Å²) in [5.74, 6) is 2.13. The van der Waals surface area contributed by atoms with Crippen molar-refractivity contribution < 1.29 is 4.42 Å². The summed E-state index contributed by atoms with van der Waals surface area (Å²) in [6, 6.07) is 4.79. The molecule has 3 heteroatoms. The van der Waals surface area contributed by atoms with E-state index >= 15 is 0 Å². The molecule has 0 radical (unpaired) electrons. The average molecular weight is 262 g/mol. The van der Waals surface area contributed by atoms with Crippen LogP contribution in [0.15, 0.2) is 16.5 Å². The average Bonchev–Trinajstić information content (AvgIpc) is 2.81. The van der Waals surface area contributed by atoms with Gasteiger partial charge >= 0.3 is 0 Å². The zero-order chi connectivity index (χ0) is 13.3. The summed E-state index contributed by atoms with van der Waals surface area (Å²) in [6.45, 7) is 7.58. The molecule has 2 heterocycles. The van der Waals surface area contributed by atoms with E-state index in [1.54, 1.807) is 0 Å². The summed E-state index contributed by atoms with van der Waals surface area (Å²) in [5, 5.41) is 3.83. The molecule has 1 saturated heterocycles. The van der Waals surface area contributed by atoms with Crippen LogP contribution in [0, 0.1) is 6.92 Å². The molecule has 106 valence electrons. The van der Waals surface area contributed by atoms with Crippen LogP contribution >= 0.6 is 0 Å². The fourth-order valence-electron chi connectivity index (χ4n) is 3.64. The molecule has 1 aliphatic carbocycles. The SMILES string of the molecule is Cc1ccc(CN2CC3(CCCCC3)NCC2C)o1. The van der Waals surface area contributed by atoms with Crippen molar-refractivity contribution in [2.24, 2.45) is 0 Å². The van der Waals surface area contributed by atoms with E-state index in [0.717, 1.165) is 24.6 Å². The van der Waals surface area contributed by atoms with Crippen molar-refractivity contribution in [3.05, 3.63) is 23.7 Å². The van der Waals surface area contributed by atoms with E-state index < -0.39 is 0 Å². The number of rotatable bonds is 2. The van der Waals surface area contributed by atoms with Crippen LogP contribution in [0.25, 0.3) is 0 Å². The van der Waals surface area contributed by atoms with Gasteiger partial charge in [-0.2, -0.15) is 0 Å². The summed E-state index contributed by atoms with van der Waals surface area (Å²) >= 11 is 0. The molecule has 0 amide bonds. The molecule has 1 aromatic rings. The summed E-state index contributed by atoms with van der Waals surface area (Å²) in [7, 11) is 0. The fraction of sp³-hybridized carbons (Fsp3) is 0.750. The number of nitrogens with one attached hydrogen (secondary N) is 1. The third-order valence-electron chi connectivity index (χ3n) is 4.87. The topological polar surface area (TPSA) is 28.4 Å². The molecule has 3 nitrogen and oxygen atoms in total. The number of hydrogen-bond donors (Lipinski definition) is 1. The summed E-state index contributed by atoms with van der Waals surface area (Å²) < 4.78 is 5.75. The molecule has 1 N–H and O–H groups in total. The van der Waals surface area contributed by atoms with E-state index in [0.29, 0.717) is 11.6 Å². The van der Waals surface area contributed by atoms with Gasteiger partial charge in [-0.15, -0.1) is 0 Å². The minimum atomic E-state index is 0.381. The van der Waals surface area contributed by atoms with E-state index in [9.17, 15) is 0 Å². The Morgan fingerprint density at radius 2 is 2.11 bits per heavy atom. The smallest absolute Gasteiger partial charge is 0.118 e. The first-order valence-electron chi connectivity index (χ1n) is 7.71. The molecule has 1 unspecified atom stereocenters. The molecule has 1 saturated carbocycles. The van der Waals surface area contributed by atoms with Gasteiger partial charge in [-0.3, -0.25) is 4.90 Å². The Bertz CT molecular complexity index is 420. The van der Waals surface area contributed by atoms with Crippen LogP contribution in [-0.4, -0.2) is 29.6 Å². The Kier molecular flexibility index (Phi) is 3.68. The minimum Gasteiger partial charge on any atom is -0.465 e. The minimum absolute atomic E-state index is 0.381. The highest BCUT2D eigenvalue weighted by Gasteiger charge is 2.38. The quantitative estimate of drug-likeness (QED) is 0.888. The van der Waals surface area contributed by atoms with Gasteiger partial charge in [0, 0.05) is 24.7 Å². The Labute approximate surface area is 116 Å². The van der Waals surface area contributed by atoms with Crippen molar-refractivity contribution >= 4 is 0 Å². The zero-order valence-corrected chi connectivity index (χ0v) is 12.2. The molecule has 1 spiro atoms. The predicted molar refractivity (Wildman–Crippen MR) is 77.1 cm³/mol. The van der Waals surface area contributed by atoms with Gasteiger partial charge in [0.2, 0.25) is 0 Å². The second-order valence-corrected chi connectivity index (χ2v) is 6.49. The predicted octanol–water partition coefficient (Wildman–Crippen LogP) is 3.08. The lowest BCUT2D eigenvalue weighted by Crippen LogP contribution is -2.63. The molecular weight excluding hydrogens is 236 g/mol. The monoisotopic (exact) mass is 262 g/mol. The number of piperazine rings is 1. The third kappa shape index (κ3) is 2.87. The second kappa shape index (κ2) is 5.29. The van der Waals surface area contributed by atoms with E-state index in [1.165, 1.54) is 38.6 Å².